The number of carbonyl (C=O) groups is 2. The van der Waals surface area contributed by atoms with Crippen LogP contribution in [0.1, 0.15) is 47.1 Å². The molecule has 9 nitrogen and oxygen atoms in total. The van der Waals surface area contributed by atoms with E-state index >= 15 is 0 Å². The number of ether oxygens (including phenoxy) is 1. The van der Waals surface area contributed by atoms with E-state index in [1.165, 1.54) is 6.20 Å². The van der Waals surface area contributed by atoms with Crippen LogP contribution in [0.2, 0.25) is 0 Å². The molecule has 9 heteroatoms. The van der Waals surface area contributed by atoms with Crippen molar-refractivity contribution in [2.24, 2.45) is 5.92 Å². The number of likely N-dealkylation sites (N-methyl/N-ethyl adjacent to an activating group) is 1. The predicted octanol–water partition coefficient (Wildman–Crippen LogP) is 1.20. The molecule has 1 aliphatic rings. The molecule has 0 aromatic carbocycles. The molecular formula is C25H30N4O5. The summed E-state index contributed by atoms with van der Waals surface area (Å²) >= 11 is 0. The van der Waals surface area contributed by atoms with Crippen LogP contribution in [0.3, 0.4) is 0 Å². The van der Waals surface area contributed by atoms with E-state index in [4.69, 9.17) is 4.74 Å². The van der Waals surface area contributed by atoms with Gasteiger partial charge in [-0.15, -0.1) is 0 Å². The fourth-order valence-electron chi connectivity index (χ4n) is 3.64. The van der Waals surface area contributed by atoms with Crippen LogP contribution in [0.15, 0.2) is 36.8 Å². The number of aliphatic hydroxyl groups excluding tert-OH is 2. The molecule has 0 aliphatic carbocycles. The maximum Gasteiger partial charge on any atom is 0.259 e. The summed E-state index contributed by atoms with van der Waals surface area (Å²) in [6.45, 7) is 5.64. The van der Waals surface area contributed by atoms with Gasteiger partial charge in [-0.25, -0.2) is 4.98 Å². The van der Waals surface area contributed by atoms with E-state index in [0.717, 1.165) is 0 Å². The monoisotopic (exact) mass is 466 g/mol. The van der Waals surface area contributed by atoms with Crippen LogP contribution < -0.4 is 4.74 Å². The zero-order valence-corrected chi connectivity index (χ0v) is 19.8. The Kier molecular flexibility index (Phi) is 8.21. The Morgan fingerprint density at radius 1 is 1.35 bits per heavy atom. The number of nitrogens with zero attached hydrogens (tertiary/aromatic N) is 4. The molecule has 0 saturated carbocycles. The first-order chi connectivity index (χ1) is 16.2. The highest BCUT2D eigenvalue weighted by molar-refractivity contribution is 5.97. The second-order valence-corrected chi connectivity index (χ2v) is 8.57. The minimum Gasteiger partial charge on any atom is -0.472 e. The molecule has 2 aromatic heterocycles. The first kappa shape index (κ1) is 25.1. The molecule has 2 N–H and O–H groups in total. The fraction of sp³-hybridized carbons (Fsp3) is 0.440. The molecule has 3 heterocycles. The molecule has 0 bridgehead atoms. The van der Waals surface area contributed by atoms with E-state index in [0.29, 0.717) is 17.7 Å². The van der Waals surface area contributed by atoms with E-state index in [1.807, 2.05) is 6.92 Å². The Hall–Kier alpha value is -3.48. The first-order valence-corrected chi connectivity index (χ1v) is 11.1. The predicted molar refractivity (Wildman–Crippen MR) is 125 cm³/mol. The third-order valence-electron chi connectivity index (χ3n) is 5.67. The number of pyridine rings is 2. The summed E-state index contributed by atoms with van der Waals surface area (Å²) in [6.07, 6.45) is 3.33. The van der Waals surface area contributed by atoms with Crippen molar-refractivity contribution >= 4 is 11.8 Å². The molecule has 0 fully saturated rings. The Labute approximate surface area is 199 Å². The molecule has 3 rings (SSSR count). The van der Waals surface area contributed by atoms with Gasteiger partial charge in [0.25, 0.3) is 11.8 Å². The number of fused-ring (bicyclic) bond motifs is 1. The second kappa shape index (κ2) is 11.1. The zero-order chi connectivity index (χ0) is 24.8. The third kappa shape index (κ3) is 5.90. The standard InChI is InChI=1S/C25H30N4O5/c1-16-13-29(17(2)15-30)25(33)21-11-19(6-5-18(3)31)12-27-23(21)34-22(16)14-28(4)24(32)20-7-9-26-10-8-20/h7-12,16-18,22,30-31H,13-15H2,1-4H3/t16-,17+,18+,22+/m1/s1. The van der Waals surface area contributed by atoms with Gasteiger partial charge in [0.2, 0.25) is 5.88 Å². The van der Waals surface area contributed by atoms with Gasteiger partial charge in [-0.05, 0) is 32.0 Å². The largest absolute Gasteiger partial charge is 0.472 e. The maximum atomic E-state index is 13.4. The number of hydrogen-bond acceptors (Lipinski definition) is 7. The Balaban J connectivity index is 1.95. The second-order valence-electron chi connectivity index (χ2n) is 8.57. The van der Waals surface area contributed by atoms with Gasteiger partial charge in [-0.2, -0.15) is 0 Å². The lowest BCUT2D eigenvalue weighted by Crippen LogP contribution is -2.50. The van der Waals surface area contributed by atoms with Gasteiger partial charge in [0.1, 0.15) is 17.8 Å². The number of carbonyl (C=O) groups excluding carboxylic acids is 2. The van der Waals surface area contributed by atoms with Crippen LogP contribution in [0, 0.1) is 17.8 Å². The van der Waals surface area contributed by atoms with Crippen molar-refractivity contribution in [1.82, 2.24) is 19.8 Å². The summed E-state index contributed by atoms with van der Waals surface area (Å²) in [4.78, 5) is 37.7. The minimum atomic E-state index is -0.821. The van der Waals surface area contributed by atoms with Crippen molar-refractivity contribution in [2.45, 2.75) is 39.0 Å². The summed E-state index contributed by atoms with van der Waals surface area (Å²) in [6, 6.07) is 4.45. The van der Waals surface area contributed by atoms with Crippen LogP contribution in [-0.2, 0) is 0 Å². The summed E-state index contributed by atoms with van der Waals surface area (Å²) in [5, 5.41) is 19.2. The molecule has 0 spiro atoms. The quantitative estimate of drug-likeness (QED) is 0.636. The van der Waals surface area contributed by atoms with Crippen LogP contribution in [0.25, 0.3) is 0 Å². The number of rotatable bonds is 5. The lowest BCUT2D eigenvalue weighted by molar-refractivity contribution is 0.0313. The van der Waals surface area contributed by atoms with Crippen LogP contribution in [-0.4, -0.2) is 86.8 Å². The molecular weight excluding hydrogens is 436 g/mol. The molecule has 4 atom stereocenters. The van der Waals surface area contributed by atoms with Crippen LogP contribution >= 0.6 is 0 Å². The van der Waals surface area contributed by atoms with Crippen molar-refractivity contribution in [3.8, 4) is 17.7 Å². The number of aliphatic hydroxyl groups is 2. The molecule has 180 valence electrons. The maximum absolute atomic E-state index is 13.4. The summed E-state index contributed by atoms with van der Waals surface area (Å²) in [5.41, 5.74) is 1.20. The lowest BCUT2D eigenvalue weighted by atomic mass is 9.99. The van der Waals surface area contributed by atoms with Gasteiger partial charge in [-0.3, -0.25) is 14.6 Å². The first-order valence-electron chi connectivity index (χ1n) is 11.1. The molecule has 0 unspecified atom stereocenters. The van der Waals surface area contributed by atoms with Crippen molar-refractivity contribution in [1.29, 1.82) is 0 Å². The summed E-state index contributed by atoms with van der Waals surface area (Å²) < 4.78 is 6.19. The summed E-state index contributed by atoms with van der Waals surface area (Å²) in [5.74, 6) is 4.93. The zero-order valence-electron chi connectivity index (χ0n) is 19.8. The smallest absolute Gasteiger partial charge is 0.259 e. The molecule has 0 saturated heterocycles. The lowest BCUT2D eigenvalue weighted by Gasteiger charge is -2.37. The SMILES string of the molecule is C[C@H](O)C#Cc1cnc2c(c1)C(=O)N([C@@H](C)CO)C[C@@H](C)[C@H](CN(C)C(=O)c1ccncc1)O2. The number of hydrogen-bond donors (Lipinski definition) is 2. The van der Waals surface area contributed by atoms with Crippen molar-refractivity contribution in [3.63, 3.8) is 0 Å². The van der Waals surface area contributed by atoms with Crippen LogP contribution in [0.5, 0.6) is 5.88 Å². The van der Waals surface area contributed by atoms with E-state index in [1.54, 1.807) is 61.3 Å². The van der Waals surface area contributed by atoms with Gasteiger partial charge in [0.15, 0.2) is 0 Å². The van der Waals surface area contributed by atoms with Crippen molar-refractivity contribution < 1.29 is 24.5 Å². The molecule has 2 aromatic rings. The highest BCUT2D eigenvalue weighted by Gasteiger charge is 2.34. The third-order valence-corrected chi connectivity index (χ3v) is 5.67. The highest BCUT2D eigenvalue weighted by atomic mass is 16.5. The fourth-order valence-corrected chi connectivity index (χ4v) is 3.64. The average molecular weight is 467 g/mol. The Morgan fingerprint density at radius 3 is 2.71 bits per heavy atom. The van der Waals surface area contributed by atoms with Gasteiger partial charge < -0.3 is 24.7 Å². The molecule has 1 aliphatic heterocycles. The normalized spacial score (nSPS) is 19.5. The molecule has 2 amide bonds. The van der Waals surface area contributed by atoms with Gasteiger partial charge >= 0.3 is 0 Å². The number of aromatic nitrogens is 2. The van der Waals surface area contributed by atoms with Crippen molar-refractivity contribution in [2.75, 3.05) is 26.7 Å². The van der Waals surface area contributed by atoms with E-state index < -0.39 is 18.2 Å². The molecule has 0 radical (unpaired) electrons. The number of amides is 2. The van der Waals surface area contributed by atoms with Crippen LogP contribution in [0.4, 0.5) is 0 Å². The van der Waals surface area contributed by atoms with Gasteiger partial charge in [0, 0.05) is 49.2 Å². The van der Waals surface area contributed by atoms with E-state index in [-0.39, 0.29) is 42.3 Å². The minimum absolute atomic E-state index is 0.143. The van der Waals surface area contributed by atoms with E-state index in [2.05, 4.69) is 21.8 Å². The van der Waals surface area contributed by atoms with Gasteiger partial charge in [-0.1, -0.05) is 18.8 Å². The van der Waals surface area contributed by atoms with Gasteiger partial charge in [0.05, 0.1) is 19.2 Å². The topological polar surface area (TPSA) is 116 Å². The summed E-state index contributed by atoms with van der Waals surface area (Å²) in [7, 11) is 1.69. The Morgan fingerprint density at radius 2 is 2.06 bits per heavy atom. The highest BCUT2D eigenvalue weighted by Crippen LogP contribution is 2.27. The van der Waals surface area contributed by atoms with E-state index in [9.17, 15) is 19.8 Å². The Bertz CT molecular complexity index is 1080. The molecule has 34 heavy (non-hydrogen) atoms. The average Bonchev–Trinajstić information content (AvgIpc) is 2.84. The van der Waals surface area contributed by atoms with Crippen molar-refractivity contribution in [3.05, 3.63) is 53.5 Å².